The van der Waals surface area contributed by atoms with Crippen molar-refractivity contribution in [1.29, 1.82) is 0 Å². The molecule has 0 spiro atoms. The van der Waals surface area contributed by atoms with Crippen molar-refractivity contribution in [3.05, 3.63) is 99.5 Å². The van der Waals surface area contributed by atoms with Crippen LogP contribution in [0.2, 0.25) is 0 Å². The highest BCUT2D eigenvalue weighted by molar-refractivity contribution is 9.10. The molecular weight excluding hydrogens is 431 g/mol. The quantitative estimate of drug-likeness (QED) is 0.439. The van der Waals surface area contributed by atoms with Crippen LogP contribution in [-0.2, 0) is 12.7 Å². The summed E-state index contributed by atoms with van der Waals surface area (Å²) in [6.07, 6.45) is -4.61. The van der Waals surface area contributed by atoms with E-state index in [-0.39, 0.29) is 12.1 Å². The number of anilines is 1. The van der Waals surface area contributed by atoms with Crippen LogP contribution in [0.3, 0.4) is 0 Å². The lowest BCUT2D eigenvalue weighted by atomic mass is 10.0. The van der Waals surface area contributed by atoms with E-state index in [0.717, 1.165) is 21.7 Å². The zero-order valence-electron chi connectivity index (χ0n) is 15.0. The van der Waals surface area contributed by atoms with Crippen LogP contribution >= 0.6 is 15.9 Å². The molecule has 28 heavy (non-hydrogen) atoms. The third-order valence-corrected chi connectivity index (χ3v) is 4.74. The van der Waals surface area contributed by atoms with Crippen LogP contribution in [0.5, 0.6) is 0 Å². The monoisotopic (exact) mass is 447 g/mol. The fraction of sp³-hybridized carbons (Fsp3) is 0.136. The van der Waals surface area contributed by atoms with Crippen molar-refractivity contribution in [2.75, 3.05) is 4.90 Å². The van der Waals surface area contributed by atoms with E-state index in [9.17, 15) is 18.0 Å². The van der Waals surface area contributed by atoms with Crippen LogP contribution in [-0.4, -0.2) is 5.91 Å². The molecule has 0 heterocycles. The predicted octanol–water partition coefficient (Wildman–Crippen LogP) is 6.62. The molecule has 0 aromatic heterocycles. The number of hydrogen-bond donors (Lipinski definition) is 0. The summed E-state index contributed by atoms with van der Waals surface area (Å²) < 4.78 is 41.2. The zero-order chi connectivity index (χ0) is 20.3. The second-order valence-corrected chi connectivity index (χ2v) is 7.32. The van der Waals surface area contributed by atoms with Crippen LogP contribution < -0.4 is 4.90 Å². The number of aryl methyl sites for hydroxylation is 1. The minimum Gasteiger partial charge on any atom is -0.304 e. The molecule has 0 saturated carbocycles. The van der Waals surface area contributed by atoms with Gasteiger partial charge in [-0.25, -0.2) is 0 Å². The predicted molar refractivity (Wildman–Crippen MR) is 107 cm³/mol. The summed E-state index contributed by atoms with van der Waals surface area (Å²) in [5, 5.41) is 0. The van der Waals surface area contributed by atoms with Crippen molar-refractivity contribution >= 4 is 27.5 Å². The van der Waals surface area contributed by atoms with Crippen molar-refractivity contribution < 1.29 is 18.0 Å². The minimum atomic E-state index is -4.61. The highest BCUT2D eigenvalue weighted by Crippen LogP contribution is 2.33. The normalized spacial score (nSPS) is 11.3. The van der Waals surface area contributed by atoms with Gasteiger partial charge in [-0.15, -0.1) is 0 Å². The molecule has 0 aliphatic rings. The van der Waals surface area contributed by atoms with Crippen LogP contribution in [0.1, 0.15) is 27.0 Å². The lowest BCUT2D eigenvalue weighted by Gasteiger charge is -2.25. The van der Waals surface area contributed by atoms with Crippen LogP contribution in [0.15, 0.2) is 77.3 Å². The summed E-state index contributed by atoms with van der Waals surface area (Å²) in [5.74, 6) is -0.696. The maximum Gasteiger partial charge on any atom is 0.417 e. The van der Waals surface area contributed by atoms with Gasteiger partial charge < -0.3 is 4.90 Å². The largest absolute Gasteiger partial charge is 0.417 e. The number of nitrogens with zero attached hydrogens (tertiary/aromatic N) is 1. The first-order valence-corrected chi connectivity index (χ1v) is 9.34. The summed E-state index contributed by atoms with van der Waals surface area (Å²) in [6, 6.07) is 19.4. The Bertz CT molecular complexity index is 1000. The molecule has 3 aromatic carbocycles. The van der Waals surface area contributed by atoms with E-state index in [2.05, 4.69) is 15.9 Å². The lowest BCUT2D eigenvalue weighted by molar-refractivity contribution is -0.137. The number of carbonyl (C=O) groups is 1. The summed E-state index contributed by atoms with van der Waals surface area (Å²) >= 11 is 3.39. The van der Waals surface area contributed by atoms with Crippen LogP contribution in [0.25, 0.3) is 0 Å². The molecule has 0 aliphatic carbocycles. The molecular formula is C22H17BrF3NO. The van der Waals surface area contributed by atoms with E-state index in [1.807, 2.05) is 37.3 Å². The van der Waals surface area contributed by atoms with Crippen LogP contribution in [0, 0.1) is 6.92 Å². The second-order valence-electron chi connectivity index (χ2n) is 6.40. The van der Waals surface area contributed by atoms with Gasteiger partial charge in [0, 0.05) is 10.2 Å². The molecule has 2 nitrogen and oxygen atoms in total. The number of halogens is 4. The molecule has 0 N–H and O–H groups in total. The van der Waals surface area contributed by atoms with Crippen molar-refractivity contribution in [3.63, 3.8) is 0 Å². The van der Waals surface area contributed by atoms with Gasteiger partial charge in [0.1, 0.15) is 0 Å². The Balaban J connectivity index is 2.08. The molecule has 0 fully saturated rings. The van der Waals surface area contributed by atoms with E-state index in [1.165, 1.54) is 23.1 Å². The summed E-state index contributed by atoms with van der Waals surface area (Å²) in [4.78, 5) is 14.6. The summed E-state index contributed by atoms with van der Waals surface area (Å²) in [5.41, 5.74) is 0.947. The fourth-order valence-electron chi connectivity index (χ4n) is 2.96. The SMILES string of the molecule is Cc1cccc(N(Cc2cccc(Br)c2)C(=O)c2ccccc2C(F)(F)F)c1. The molecule has 3 rings (SSSR count). The van der Waals surface area contributed by atoms with Gasteiger partial charge in [0.15, 0.2) is 0 Å². The van der Waals surface area contributed by atoms with E-state index in [4.69, 9.17) is 0 Å². The Morgan fingerprint density at radius 2 is 1.68 bits per heavy atom. The number of carbonyl (C=O) groups excluding carboxylic acids is 1. The first-order valence-electron chi connectivity index (χ1n) is 8.55. The first kappa shape index (κ1) is 20.1. The number of amides is 1. The number of hydrogen-bond acceptors (Lipinski definition) is 1. The zero-order valence-corrected chi connectivity index (χ0v) is 16.6. The van der Waals surface area contributed by atoms with E-state index in [1.54, 1.807) is 18.2 Å². The molecule has 6 heteroatoms. The number of alkyl halides is 3. The first-order chi connectivity index (χ1) is 13.3. The summed E-state index contributed by atoms with van der Waals surface area (Å²) in [6.45, 7) is 2.02. The molecule has 0 atom stereocenters. The lowest BCUT2D eigenvalue weighted by Crippen LogP contribution is -2.32. The molecule has 0 unspecified atom stereocenters. The Morgan fingerprint density at radius 3 is 2.36 bits per heavy atom. The van der Waals surface area contributed by atoms with Gasteiger partial charge in [0.2, 0.25) is 0 Å². The van der Waals surface area contributed by atoms with Gasteiger partial charge in [-0.05, 0) is 54.4 Å². The minimum absolute atomic E-state index is 0.147. The maximum absolute atomic E-state index is 13.4. The van der Waals surface area contributed by atoms with Gasteiger partial charge in [0.05, 0.1) is 17.7 Å². The van der Waals surface area contributed by atoms with Gasteiger partial charge in [-0.1, -0.05) is 52.3 Å². The Kier molecular flexibility index (Phi) is 5.89. The third-order valence-electron chi connectivity index (χ3n) is 4.25. The third kappa shape index (κ3) is 4.62. The Morgan fingerprint density at radius 1 is 0.964 bits per heavy atom. The average molecular weight is 448 g/mol. The Hall–Kier alpha value is -2.60. The fourth-order valence-corrected chi connectivity index (χ4v) is 3.40. The maximum atomic E-state index is 13.4. The van der Waals surface area contributed by atoms with Crippen molar-refractivity contribution in [2.24, 2.45) is 0 Å². The van der Waals surface area contributed by atoms with E-state index in [0.29, 0.717) is 5.69 Å². The van der Waals surface area contributed by atoms with Gasteiger partial charge in [-0.3, -0.25) is 4.79 Å². The smallest absolute Gasteiger partial charge is 0.304 e. The highest BCUT2D eigenvalue weighted by Gasteiger charge is 2.36. The molecule has 0 bridgehead atoms. The van der Waals surface area contributed by atoms with Gasteiger partial charge >= 0.3 is 6.18 Å². The highest BCUT2D eigenvalue weighted by atomic mass is 79.9. The van der Waals surface area contributed by atoms with Crippen molar-refractivity contribution in [1.82, 2.24) is 0 Å². The summed E-state index contributed by atoms with van der Waals surface area (Å²) in [7, 11) is 0. The van der Waals surface area contributed by atoms with Crippen molar-refractivity contribution in [3.8, 4) is 0 Å². The number of rotatable bonds is 4. The Labute approximate surface area is 169 Å². The molecule has 144 valence electrons. The van der Waals surface area contributed by atoms with Gasteiger partial charge in [0.25, 0.3) is 5.91 Å². The average Bonchev–Trinajstić information content (AvgIpc) is 2.65. The molecule has 0 radical (unpaired) electrons. The standard InChI is InChI=1S/C22H17BrF3NO/c1-15-6-4-9-18(12-15)27(14-16-7-5-8-17(23)13-16)21(28)19-10-2-3-11-20(19)22(24,25)26/h2-13H,14H2,1H3. The molecule has 1 amide bonds. The molecule has 0 saturated heterocycles. The second kappa shape index (κ2) is 8.19. The molecule has 3 aromatic rings. The topological polar surface area (TPSA) is 20.3 Å². The van der Waals surface area contributed by atoms with Crippen LogP contribution in [0.4, 0.5) is 18.9 Å². The number of benzene rings is 3. The van der Waals surface area contributed by atoms with E-state index < -0.39 is 17.6 Å². The molecule has 0 aliphatic heterocycles. The van der Waals surface area contributed by atoms with E-state index >= 15 is 0 Å². The van der Waals surface area contributed by atoms with Gasteiger partial charge in [-0.2, -0.15) is 13.2 Å². The van der Waals surface area contributed by atoms with Crippen molar-refractivity contribution in [2.45, 2.75) is 19.6 Å².